The van der Waals surface area contributed by atoms with Gasteiger partial charge in [-0.3, -0.25) is 0 Å². The third kappa shape index (κ3) is 8.08. The smallest absolute Gasteiger partial charge is 0.417 e. The molecule has 3 rings (SSSR count). The molecule has 0 aliphatic carbocycles. The summed E-state index contributed by atoms with van der Waals surface area (Å²) < 4.78 is 59.5. The SMILES string of the molecule is CC(Oc1ccc(Oc2ccc(C(F)(F)F)cn2)cc1)C(=O)OCCCOCc1ccccc1. The van der Waals surface area contributed by atoms with Crippen LogP contribution in [0, 0.1) is 0 Å². The Balaban J connectivity index is 1.36. The minimum absolute atomic E-state index is 0.0198. The number of carbonyl (C=O) groups excluding carboxylic acids is 1. The summed E-state index contributed by atoms with van der Waals surface area (Å²) >= 11 is 0. The fraction of sp³-hybridized carbons (Fsp3) is 0.280. The van der Waals surface area contributed by atoms with E-state index in [9.17, 15) is 18.0 Å². The van der Waals surface area contributed by atoms with Gasteiger partial charge in [-0.1, -0.05) is 30.3 Å². The normalized spacial score (nSPS) is 12.1. The number of hydrogen-bond donors (Lipinski definition) is 0. The first kappa shape index (κ1) is 25.0. The Morgan fingerprint density at radius 3 is 2.29 bits per heavy atom. The van der Waals surface area contributed by atoms with Crippen molar-refractivity contribution in [3.8, 4) is 17.4 Å². The van der Waals surface area contributed by atoms with Crippen molar-refractivity contribution in [3.05, 3.63) is 84.1 Å². The number of halogens is 3. The minimum atomic E-state index is -4.46. The number of benzene rings is 2. The summed E-state index contributed by atoms with van der Waals surface area (Å²) in [5, 5.41) is 0. The molecule has 0 spiro atoms. The van der Waals surface area contributed by atoms with E-state index in [0.29, 0.717) is 37.3 Å². The summed E-state index contributed by atoms with van der Waals surface area (Å²) in [4.78, 5) is 15.8. The van der Waals surface area contributed by atoms with Crippen LogP contribution in [0.4, 0.5) is 13.2 Å². The van der Waals surface area contributed by atoms with Crippen LogP contribution in [-0.4, -0.2) is 30.3 Å². The number of ether oxygens (including phenoxy) is 4. The summed E-state index contributed by atoms with van der Waals surface area (Å²) in [7, 11) is 0. The Hall–Kier alpha value is -3.59. The van der Waals surface area contributed by atoms with Gasteiger partial charge in [0.05, 0.1) is 25.4 Å². The van der Waals surface area contributed by atoms with E-state index in [-0.39, 0.29) is 12.5 Å². The van der Waals surface area contributed by atoms with E-state index in [0.717, 1.165) is 17.7 Å². The molecule has 2 aromatic carbocycles. The largest absolute Gasteiger partial charge is 0.479 e. The van der Waals surface area contributed by atoms with Gasteiger partial charge in [0.25, 0.3) is 0 Å². The van der Waals surface area contributed by atoms with E-state index in [1.807, 2.05) is 30.3 Å². The molecule has 0 saturated heterocycles. The monoisotopic (exact) mass is 475 g/mol. The molecule has 34 heavy (non-hydrogen) atoms. The minimum Gasteiger partial charge on any atom is -0.479 e. The second-order valence-corrected chi connectivity index (χ2v) is 7.28. The summed E-state index contributed by atoms with van der Waals surface area (Å²) in [6, 6.07) is 18.1. The number of rotatable bonds is 11. The molecule has 180 valence electrons. The highest BCUT2D eigenvalue weighted by Crippen LogP contribution is 2.30. The van der Waals surface area contributed by atoms with Gasteiger partial charge in [-0.05, 0) is 42.8 Å². The molecule has 9 heteroatoms. The van der Waals surface area contributed by atoms with Crippen LogP contribution in [0.5, 0.6) is 17.4 Å². The van der Waals surface area contributed by atoms with Crippen LogP contribution in [-0.2, 0) is 27.1 Å². The zero-order valence-corrected chi connectivity index (χ0v) is 18.5. The maximum Gasteiger partial charge on any atom is 0.417 e. The highest BCUT2D eigenvalue weighted by Gasteiger charge is 2.30. The zero-order chi connectivity index (χ0) is 24.4. The molecule has 0 fully saturated rings. The molecule has 1 unspecified atom stereocenters. The molecule has 1 heterocycles. The predicted octanol–water partition coefficient (Wildman–Crippen LogP) is 5.81. The molecule has 1 atom stereocenters. The standard InChI is InChI=1S/C25H24F3NO5/c1-18(24(30)32-15-5-14-31-17-19-6-3-2-4-7-19)33-21-9-11-22(12-10-21)34-23-13-8-20(16-29-23)25(26,27)28/h2-4,6-13,16,18H,5,14-15,17H2,1H3. The van der Waals surface area contributed by atoms with E-state index in [1.54, 1.807) is 31.2 Å². The third-order valence-corrected chi connectivity index (χ3v) is 4.54. The lowest BCUT2D eigenvalue weighted by Crippen LogP contribution is -2.26. The molecule has 0 aliphatic rings. The fourth-order valence-electron chi connectivity index (χ4n) is 2.78. The lowest BCUT2D eigenvalue weighted by molar-refractivity contribution is -0.151. The number of hydrogen-bond acceptors (Lipinski definition) is 6. The first-order chi connectivity index (χ1) is 16.3. The topological polar surface area (TPSA) is 66.9 Å². The van der Waals surface area contributed by atoms with E-state index in [4.69, 9.17) is 18.9 Å². The van der Waals surface area contributed by atoms with Crippen LogP contribution >= 0.6 is 0 Å². The fourth-order valence-corrected chi connectivity index (χ4v) is 2.78. The summed E-state index contributed by atoms with van der Waals surface area (Å²) in [5.74, 6) is 0.275. The van der Waals surface area contributed by atoms with E-state index < -0.39 is 23.8 Å². The average Bonchev–Trinajstić information content (AvgIpc) is 2.83. The van der Waals surface area contributed by atoms with Crippen molar-refractivity contribution < 1.29 is 36.9 Å². The highest BCUT2D eigenvalue weighted by molar-refractivity contribution is 5.74. The van der Waals surface area contributed by atoms with Gasteiger partial charge in [0.1, 0.15) is 11.5 Å². The molecule has 0 aliphatic heterocycles. The summed E-state index contributed by atoms with van der Waals surface area (Å²) in [6.07, 6.45) is -4.02. The summed E-state index contributed by atoms with van der Waals surface area (Å²) in [6.45, 7) is 2.76. The van der Waals surface area contributed by atoms with Gasteiger partial charge in [-0.15, -0.1) is 0 Å². The van der Waals surface area contributed by atoms with Crippen LogP contribution < -0.4 is 9.47 Å². The van der Waals surface area contributed by atoms with Crippen LogP contribution in [0.3, 0.4) is 0 Å². The van der Waals surface area contributed by atoms with Crippen molar-refractivity contribution in [1.29, 1.82) is 0 Å². The van der Waals surface area contributed by atoms with Gasteiger partial charge < -0.3 is 18.9 Å². The molecule has 3 aromatic rings. The van der Waals surface area contributed by atoms with Gasteiger partial charge in [-0.25, -0.2) is 9.78 Å². The number of esters is 1. The van der Waals surface area contributed by atoms with Crippen LogP contribution in [0.25, 0.3) is 0 Å². The van der Waals surface area contributed by atoms with Gasteiger partial charge in [0.15, 0.2) is 6.10 Å². The highest BCUT2D eigenvalue weighted by atomic mass is 19.4. The van der Waals surface area contributed by atoms with E-state index in [2.05, 4.69) is 4.98 Å². The average molecular weight is 475 g/mol. The van der Waals surface area contributed by atoms with Gasteiger partial charge >= 0.3 is 12.1 Å². The Morgan fingerprint density at radius 1 is 0.941 bits per heavy atom. The van der Waals surface area contributed by atoms with Crippen molar-refractivity contribution >= 4 is 5.97 Å². The number of nitrogens with zero attached hydrogens (tertiary/aromatic N) is 1. The van der Waals surface area contributed by atoms with E-state index in [1.165, 1.54) is 0 Å². The van der Waals surface area contributed by atoms with Crippen molar-refractivity contribution in [3.63, 3.8) is 0 Å². The van der Waals surface area contributed by atoms with Gasteiger partial charge in [-0.2, -0.15) is 13.2 Å². The van der Waals surface area contributed by atoms with Gasteiger partial charge in [0.2, 0.25) is 5.88 Å². The molecule has 0 N–H and O–H groups in total. The maximum absolute atomic E-state index is 12.6. The number of aromatic nitrogens is 1. The third-order valence-electron chi connectivity index (χ3n) is 4.54. The number of carbonyl (C=O) groups is 1. The molecule has 0 amide bonds. The molecule has 0 saturated carbocycles. The van der Waals surface area contributed by atoms with Crippen molar-refractivity contribution in [2.45, 2.75) is 32.2 Å². The molecule has 6 nitrogen and oxygen atoms in total. The number of alkyl halides is 3. The Labute approximate surface area is 195 Å². The van der Waals surface area contributed by atoms with E-state index >= 15 is 0 Å². The predicted molar refractivity (Wildman–Crippen MR) is 118 cm³/mol. The quantitative estimate of drug-likeness (QED) is 0.258. The van der Waals surface area contributed by atoms with Crippen molar-refractivity contribution in [1.82, 2.24) is 4.98 Å². The van der Waals surface area contributed by atoms with Gasteiger partial charge in [0, 0.05) is 18.7 Å². The lowest BCUT2D eigenvalue weighted by atomic mass is 10.2. The first-order valence-corrected chi connectivity index (χ1v) is 10.6. The Kier molecular flexibility index (Phi) is 8.86. The van der Waals surface area contributed by atoms with Crippen LogP contribution in [0.2, 0.25) is 0 Å². The van der Waals surface area contributed by atoms with Crippen molar-refractivity contribution in [2.24, 2.45) is 0 Å². The molecule has 0 radical (unpaired) electrons. The molecule has 1 aromatic heterocycles. The second kappa shape index (κ2) is 12.0. The van der Waals surface area contributed by atoms with Crippen molar-refractivity contribution in [2.75, 3.05) is 13.2 Å². The zero-order valence-electron chi connectivity index (χ0n) is 18.5. The van der Waals surface area contributed by atoms with Crippen LogP contribution in [0.1, 0.15) is 24.5 Å². The maximum atomic E-state index is 12.6. The summed E-state index contributed by atoms with van der Waals surface area (Å²) in [5.41, 5.74) is 0.220. The first-order valence-electron chi connectivity index (χ1n) is 10.6. The van der Waals surface area contributed by atoms with Crippen LogP contribution in [0.15, 0.2) is 72.9 Å². The second-order valence-electron chi connectivity index (χ2n) is 7.28. The Morgan fingerprint density at radius 2 is 1.65 bits per heavy atom. The Bertz CT molecular complexity index is 1030. The molecular formula is C25H24F3NO5. The molecular weight excluding hydrogens is 451 g/mol. The lowest BCUT2D eigenvalue weighted by Gasteiger charge is -2.14. The number of pyridine rings is 1. The molecule has 0 bridgehead atoms.